The molecule has 0 bridgehead atoms. The lowest BCUT2D eigenvalue weighted by Gasteiger charge is -2.01. The van der Waals surface area contributed by atoms with E-state index in [1.807, 2.05) is 12.1 Å². The average Bonchev–Trinajstić information content (AvgIpc) is 2.84. The van der Waals surface area contributed by atoms with E-state index >= 15 is 0 Å². The summed E-state index contributed by atoms with van der Waals surface area (Å²) in [6.45, 7) is 0. The van der Waals surface area contributed by atoms with Crippen molar-refractivity contribution in [3.63, 3.8) is 0 Å². The lowest BCUT2D eigenvalue weighted by Crippen LogP contribution is -1.95. The van der Waals surface area contributed by atoms with Crippen LogP contribution in [0.5, 0.6) is 5.75 Å². The minimum Gasteiger partial charge on any atom is -0.497 e. The van der Waals surface area contributed by atoms with Crippen LogP contribution in [0.2, 0.25) is 0 Å². The van der Waals surface area contributed by atoms with Gasteiger partial charge in [-0.15, -0.1) is 0 Å². The fourth-order valence-electron chi connectivity index (χ4n) is 2.20. The van der Waals surface area contributed by atoms with Gasteiger partial charge in [-0.25, -0.2) is 4.79 Å². The van der Waals surface area contributed by atoms with Gasteiger partial charge >= 0.3 is 5.97 Å². The number of carbonyl (C=O) groups is 1. The third-order valence-corrected chi connectivity index (χ3v) is 3.32. The molecule has 110 valence electrons. The number of hydrogen-bond acceptors (Lipinski definition) is 5. The maximum absolute atomic E-state index is 11.8. The van der Waals surface area contributed by atoms with Gasteiger partial charge in [-0.05, 0) is 29.8 Å². The Hall–Kier alpha value is -3.15. The van der Waals surface area contributed by atoms with E-state index in [9.17, 15) is 14.9 Å². The molecule has 3 rings (SSSR count). The Bertz CT molecular complexity index is 793. The van der Waals surface area contributed by atoms with Crippen molar-refractivity contribution in [2.45, 2.75) is 0 Å². The molecule has 0 aromatic heterocycles. The molecule has 0 fully saturated rings. The molecule has 0 N–H and O–H groups in total. The van der Waals surface area contributed by atoms with Crippen LogP contribution < -0.4 is 4.74 Å². The van der Waals surface area contributed by atoms with Gasteiger partial charge in [-0.3, -0.25) is 10.1 Å². The first-order valence-corrected chi connectivity index (χ1v) is 6.45. The van der Waals surface area contributed by atoms with Crippen LogP contribution in [0, 0.1) is 10.1 Å². The van der Waals surface area contributed by atoms with Crippen LogP contribution in [0.15, 0.2) is 42.5 Å². The third kappa shape index (κ3) is 2.42. The quantitative estimate of drug-likeness (QED) is 0.493. The van der Waals surface area contributed by atoms with E-state index in [0.29, 0.717) is 11.3 Å². The highest BCUT2D eigenvalue weighted by molar-refractivity contribution is 6.06. The SMILES string of the molecule is COc1ccc(/C=C2/OC(=O)c3cc([N+](=O)[O-])ccc32)cc1. The van der Waals surface area contributed by atoms with Crippen molar-refractivity contribution in [2.24, 2.45) is 0 Å². The summed E-state index contributed by atoms with van der Waals surface area (Å²) < 4.78 is 10.3. The number of non-ortho nitro benzene ring substituents is 1. The number of methoxy groups -OCH3 is 1. The molecule has 0 radical (unpaired) electrons. The van der Waals surface area contributed by atoms with Gasteiger partial charge in [0.25, 0.3) is 5.69 Å². The Morgan fingerprint density at radius 3 is 2.50 bits per heavy atom. The Labute approximate surface area is 125 Å². The molecule has 1 aliphatic rings. The van der Waals surface area contributed by atoms with E-state index in [-0.39, 0.29) is 11.3 Å². The van der Waals surface area contributed by atoms with Gasteiger partial charge in [-0.2, -0.15) is 0 Å². The van der Waals surface area contributed by atoms with E-state index in [1.54, 1.807) is 25.3 Å². The van der Waals surface area contributed by atoms with Crippen molar-refractivity contribution in [3.8, 4) is 5.75 Å². The van der Waals surface area contributed by atoms with E-state index in [4.69, 9.17) is 9.47 Å². The number of ether oxygens (including phenoxy) is 2. The average molecular weight is 297 g/mol. The summed E-state index contributed by atoms with van der Waals surface area (Å²) in [5, 5.41) is 10.8. The van der Waals surface area contributed by atoms with Gasteiger partial charge in [0.1, 0.15) is 11.5 Å². The number of rotatable bonds is 3. The molecule has 6 nitrogen and oxygen atoms in total. The molecular formula is C16H11NO5. The fourth-order valence-corrected chi connectivity index (χ4v) is 2.20. The predicted octanol–water partition coefficient (Wildman–Crippen LogP) is 3.27. The van der Waals surface area contributed by atoms with Crippen LogP contribution in [0.25, 0.3) is 11.8 Å². The molecule has 0 spiro atoms. The molecule has 0 amide bonds. The molecule has 6 heteroatoms. The van der Waals surface area contributed by atoms with Gasteiger partial charge in [0, 0.05) is 17.7 Å². The van der Waals surface area contributed by atoms with Gasteiger partial charge < -0.3 is 9.47 Å². The number of fused-ring (bicyclic) bond motifs is 1. The van der Waals surface area contributed by atoms with Crippen LogP contribution in [-0.2, 0) is 4.74 Å². The number of cyclic esters (lactones) is 1. The topological polar surface area (TPSA) is 78.7 Å². The number of nitro benzene ring substituents is 1. The maximum Gasteiger partial charge on any atom is 0.344 e. The summed E-state index contributed by atoms with van der Waals surface area (Å²) in [5.41, 5.74) is 1.44. The van der Waals surface area contributed by atoms with Gasteiger partial charge in [-0.1, -0.05) is 12.1 Å². The number of esters is 1. The van der Waals surface area contributed by atoms with Crippen molar-refractivity contribution in [2.75, 3.05) is 7.11 Å². The summed E-state index contributed by atoms with van der Waals surface area (Å²) in [5.74, 6) is 0.514. The third-order valence-electron chi connectivity index (χ3n) is 3.32. The van der Waals surface area contributed by atoms with Crippen molar-refractivity contribution in [1.29, 1.82) is 0 Å². The fraction of sp³-hybridized carbons (Fsp3) is 0.0625. The number of nitro groups is 1. The second-order valence-corrected chi connectivity index (χ2v) is 4.66. The zero-order valence-electron chi connectivity index (χ0n) is 11.6. The molecular weight excluding hydrogens is 286 g/mol. The highest BCUT2D eigenvalue weighted by Gasteiger charge is 2.28. The molecule has 0 unspecified atom stereocenters. The van der Waals surface area contributed by atoms with Crippen molar-refractivity contribution in [3.05, 3.63) is 69.3 Å². The van der Waals surface area contributed by atoms with Crippen molar-refractivity contribution < 1.29 is 19.2 Å². The predicted molar refractivity (Wildman–Crippen MR) is 79.4 cm³/mol. The number of carbonyl (C=O) groups excluding carboxylic acids is 1. The van der Waals surface area contributed by atoms with Crippen LogP contribution in [0.3, 0.4) is 0 Å². The summed E-state index contributed by atoms with van der Waals surface area (Å²) >= 11 is 0. The molecule has 1 aliphatic heterocycles. The lowest BCUT2D eigenvalue weighted by atomic mass is 10.1. The summed E-state index contributed by atoms with van der Waals surface area (Å²) in [6, 6.07) is 11.3. The van der Waals surface area contributed by atoms with Crippen molar-refractivity contribution >= 4 is 23.5 Å². The molecule has 0 saturated carbocycles. The zero-order valence-corrected chi connectivity index (χ0v) is 11.6. The van der Waals surface area contributed by atoms with Crippen LogP contribution in [0.4, 0.5) is 5.69 Å². The smallest absolute Gasteiger partial charge is 0.344 e. The summed E-state index contributed by atoms with van der Waals surface area (Å²) in [4.78, 5) is 22.1. The van der Waals surface area contributed by atoms with Crippen LogP contribution in [-0.4, -0.2) is 18.0 Å². The monoisotopic (exact) mass is 297 g/mol. The largest absolute Gasteiger partial charge is 0.497 e. The Morgan fingerprint density at radius 1 is 1.14 bits per heavy atom. The van der Waals surface area contributed by atoms with Crippen molar-refractivity contribution in [1.82, 2.24) is 0 Å². The second kappa shape index (κ2) is 5.33. The second-order valence-electron chi connectivity index (χ2n) is 4.66. The first-order chi connectivity index (χ1) is 10.6. The molecule has 2 aromatic carbocycles. The molecule has 0 aliphatic carbocycles. The summed E-state index contributed by atoms with van der Waals surface area (Å²) in [6.07, 6.45) is 1.70. The number of nitrogens with zero attached hydrogens (tertiary/aromatic N) is 1. The molecule has 0 saturated heterocycles. The lowest BCUT2D eigenvalue weighted by molar-refractivity contribution is -0.384. The molecule has 1 heterocycles. The Morgan fingerprint density at radius 2 is 1.86 bits per heavy atom. The van der Waals surface area contributed by atoms with E-state index in [1.165, 1.54) is 18.2 Å². The maximum atomic E-state index is 11.8. The Balaban J connectivity index is 1.99. The highest BCUT2D eigenvalue weighted by Crippen LogP contribution is 2.33. The summed E-state index contributed by atoms with van der Waals surface area (Å²) in [7, 11) is 1.58. The van der Waals surface area contributed by atoms with Gasteiger partial charge in [0.15, 0.2) is 0 Å². The first-order valence-electron chi connectivity index (χ1n) is 6.45. The minimum atomic E-state index is -0.585. The van der Waals surface area contributed by atoms with E-state index in [0.717, 1.165) is 11.3 Å². The zero-order chi connectivity index (χ0) is 15.7. The Kier molecular flexibility index (Phi) is 3.34. The first kappa shape index (κ1) is 13.8. The van der Waals surface area contributed by atoms with E-state index < -0.39 is 10.9 Å². The molecule has 0 atom stereocenters. The molecule has 2 aromatic rings. The van der Waals surface area contributed by atoms with Gasteiger partial charge in [0.05, 0.1) is 17.6 Å². The van der Waals surface area contributed by atoms with Crippen LogP contribution >= 0.6 is 0 Å². The number of hydrogen-bond donors (Lipinski definition) is 0. The van der Waals surface area contributed by atoms with Gasteiger partial charge in [0.2, 0.25) is 0 Å². The molecule has 22 heavy (non-hydrogen) atoms. The number of benzene rings is 2. The normalized spacial score (nSPS) is 14.6. The minimum absolute atomic E-state index is 0.138. The van der Waals surface area contributed by atoms with E-state index in [2.05, 4.69) is 0 Å². The van der Waals surface area contributed by atoms with Crippen LogP contribution in [0.1, 0.15) is 21.5 Å². The standard InChI is InChI=1S/C16H11NO5/c1-21-12-5-2-10(3-6-12)8-15-13-7-4-11(17(19)20)9-14(13)16(18)22-15/h2-9H,1H3/b15-8+. The highest BCUT2D eigenvalue weighted by atomic mass is 16.6.